The van der Waals surface area contributed by atoms with Crippen LogP contribution in [0.2, 0.25) is 0 Å². The van der Waals surface area contributed by atoms with E-state index in [4.69, 9.17) is 0 Å². The Morgan fingerprint density at radius 2 is 2.43 bits per heavy atom. The number of carbonyl (C=O) groups is 1. The Morgan fingerprint density at radius 3 is 2.57 bits per heavy atom. The number of hydrogen-bond acceptors (Lipinski definition) is 2. The molecule has 0 aromatic rings. The van der Waals surface area contributed by atoms with Crippen molar-refractivity contribution in [3.05, 3.63) is 0 Å². The summed E-state index contributed by atoms with van der Waals surface area (Å²) in [5.41, 5.74) is 0. The van der Waals surface area contributed by atoms with Crippen LogP contribution in [0.3, 0.4) is 0 Å². The molecule has 0 spiro atoms. The molecule has 0 aliphatic carbocycles. The van der Waals surface area contributed by atoms with Crippen molar-refractivity contribution in [2.45, 2.75) is 6.92 Å². The lowest BCUT2D eigenvalue weighted by molar-refractivity contribution is 0.153. The number of rotatable bonds is 1. The van der Waals surface area contributed by atoms with Crippen LogP contribution in [0.4, 0.5) is 4.79 Å². The molecule has 0 aliphatic heterocycles. The van der Waals surface area contributed by atoms with Crippen molar-refractivity contribution in [2.24, 2.45) is 0 Å². The van der Waals surface area contributed by atoms with Crippen LogP contribution in [0.5, 0.6) is 0 Å². The van der Waals surface area contributed by atoms with Gasteiger partial charge in [0.05, 0.1) is 6.61 Å². The molecule has 41 valence electrons. The van der Waals surface area contributed by atoms with Crippen molar-refractivity contribution >= 4 is 6.09 Å². The number of nitrogens with zero attached hydrogens (tertiary/aromatic N) is 1. The fourth-order valence-corrected chi connectivity index (χ4v) is 0.188. The molecule has 3 nitrogen and oxygen atoms in total. The summed E-state index contributed by atoms with van der Waals surface area (Å²) in [7, 11) is 1.40. The summed E-state index contributed by atoms with van der Waals surface area (Å²) in [5.74, 6) is 0. The first kappa shape index (κ1) is 6.27. The van der Waals surface area contributed by atoms with E-state index in [0.717, 1.165) is 0 Å². The van der Waals surface area contributed by atoms with Crippen LogP contribution >= 0.6 is 0 Å². The molecule has 3 heteroatoms. The Morgan fingerprint density at radius 1 is 1.86 bits per heavy atom. The number of hydrogen-bond donors (Lipinski definition) is 0. The molecular formula is C4H8NO2. The van der Waals surface area contributed by atoms with Gasteiger partial charge in [0.2, 0.25) is 0 Å². The van der Waals surface area contributed by atoms with Gasteiger partial charge >= 0.3 is 6.09 Å². The van der Waals surface area contributed by atoms with Crippen molar-refractivity contribution in [1.82, 2.24) is 5.32 Å². The van der Waals surface area contributed by atoms with Gasteiger partial charge in [-0.2, -0.15) is 0 Å². The summed E-state index contributed by atoms with van der Waals surface area (Å²) in [6, 6.07) is 0. The Balaban J connectivity index is 3.00. The van der Waals surface area contributed by atoms with Crippen molar-refractivity contribution < 1.29 is 9.53 Å². The topological polar surface area (TPSA) is 40.4 Å². The Bertz CT molecular complexity index is 62.7. The van der Waals surface area contributed by atoms with Crippen LogP contribution in [0, 0.1) is 0 Å². The van der Waals surface area contributed by atoms with Crippen molar-refractivity contribution in [3.8, 4) is 0 Å². The van der Waals surface area contributed by atoms with Gasteiger partial charge in [-0.05, 0) is 6.92 Å². The third kappa shape index (κ3) is 3.09. The first-order valence-corrected chi connectivity index (χ1v) is 2.07. The van der Waals surface area contributed by atoms with E-state index in [1.165, 1.54) is 7.05 Å². The van der Waals surface area contributed by atoms with E-state index in [9.17, 15) is 4.79 Å². The Labute approximate surface area is 42.7 Å². The maximum absolute atomic E-state index is 10.0. The lowest BCUT2D eigenvalue weighted by atomic mass is 10.9. The Hall–Kier alpha value is -0.730. The molecule has 0 atom stereocenters. The second-order valence-electron chi connectivity index (χ2n) is 0.923. The largest absolute Gasteiger partial charge is 0.448 e. The van der Waals surface area contributed by atoms with Gasteiger partial charge in [-0.1, -0.05) is 0 Å². The molecule has 1 radical (unpaired) electrons. The van der Waals surface area contributed by atoms with Crippen LogP contribution in [0.15, 0.2) is 0 Å². The third-order valence-electron chi connectivity index (χ3n) is 0.450. The molecule has 0 aliphatic rings. The highest BCUT2D eigenvalue weighted by molar-refractivity contribution is 5.66. The molecule has 0 rings (SSSR count). The predicted molar refractivity (Wildman–Crippen MR) is 25.1 cm³/mol. The summed E-state index contributed by atoms with van der Waals surface area (Å²) in [6.45, 7) is 2.14. The van der Waals surface area contributed by atoms with E-state index in [1.54, 1.807) is 6.92 Å². The van der Waals surface area contributed by atoms with Crippen molar-refractivity contribution in [2.75, 3.05) is 13.7 Å². The molecule has 1 amide bonds. The minimum atomic E-state index is -0.498. The number of ether oxygens (including phenoxy) is 1. The van der Waals surface area contributed by atoms with Gasteiger partial charge < -0.3 is 4.74 Å². The highest BCUT2D eigenvalue weighted by Gasteiger charge is 1.92. The zero-order chi connectivity index (χ0) is 5.70. The van der Waals surface area contributed by atoms with E-state index >= 15 is 0 Å². The zero-order valence-corrected chi connectivity index (χ0v) is 4.47. The van der Waals surface area contributed by atoms with E-state index < -0.39 is 6.09 Å². The van der Waals surface area contributed by atoms with Crippen molar-refractivity contribution in [1.29, 1.82) is 0 Å². The fourth-order valence-electron chi connectivity index (χ4n) is 0.188. The van der Waals surface area contributed by atoms with Gasteiger partial charge in [0, 0.05) is 7.05 Å². The molecular weight excluding hydrogens is 94.0 g/mol. The van der Waals surface area contributed by atoms with Gasteiger partial charge in [0.15, 0.2) is 0 Å². The molecule has 0 heterocycles. The number of carbonyl (C=O) groups excluding carboxylic acids is 1. The zero-order valence-electron chi connectivity index (χ0n) is 4.47. The minimum absolute atomic E-state index is 0.399. The Kier molecular flexibility index (Phi) is 3.10. The summed E-state index contributed by atoms with van der Waals surface area (Å²) < 4.78 is 4.39. The molecule has 0 aromatic heterocycles. The summed E-state index contributed by atoms with van der Waals surface area (Å²) >= 11 is 0. The second-order valence-corrected chi connectivity index (χ2v) is 0.923. The standard InChI is InChI=1S/C4H8NO2/c1-3-7-4(6)5-2/h3H2,1-2H3. The lowest BCUT2D eigenvalue weighted by Gasteiger charge is -1.93. The monoisotopic (exact) mass is 102 g/mol. The maximum Gasteiger partial charge on any atom is 0.428 e. The summed E-state index contributed by atoms with van der Waals surface area (Å²) in [4.78, 5) is 10.0. The molecule has 0 N–H and O–H groups in total. The van der Waals surface area contributed by atoms with Crippen molar-refractivity contribution in [3.63, 3.8) is 0 Å². The van der Waals surface area contributed by atoms with Gasteiger partial charge in [-0.3, -0.25) is 0 Å². The van der Waals surface area contributed by atoms with E-state index in [-0.39, 0.29) is 0 Å². The normalized spacial score (nSPS) is 7.71. The second kappa shape index (κ2) is 3.46. The van der Waals surface area contributed by atoms with E-state index in [0.29, 0.717) is 6.61 Å². The molecule has 7 heavy (non-hydrogen) atoms. The third-order valence-corrected chi connectivity index (χ3v) is 0.450. The lowest BCUT2D eigenvalue weighted by Crippen LogP contribution is -2.11. The van der Waals surface area contributed by atoms with Gasteiger partial charge in [-0.15, -0.1) is 0 Å². The van der Waals surface area contributed by atoms with Crippen LogP contribution in [0.25, 0.3) is 0 Å². The molecule has 0 saturated heterocycles. The summed E-state index contributed by atoms with van der Waals surface area (Å²) in [5, 5.41) is 3.22. The molecule has 0 unspecified atom stereocenters. The predicted octanol–water partition coefficient (Wildman–Crippen LogP) is 0.377. The molecule has 0 saturated carbocycles. The first-order chi connectivity index (χ1) is 3.31. The highest BCUT2D eigenvalue weighted by atomic mass is 16.5. The first-order valence-electron chi connectivity index (χ1n) is 2.07. The average molecular weight is 102 g/mol. The van der Waals surface area contributed by atoms with E-state index in [1.807, 2.05) is 0 Å². The smallest absolute Gasteiger partial charge is 0.428 e. The summed E-state index contributed by atoms with van der Waals surface area (Å²) in [6.07, 6.45) is -0.498. The quantitative estimate of drug-likeness (QED) is 0.480. The van der Waals surface area contributed by atoms with Gasteiger partial charge in [0.25, 0.3) is 0 Å². The molecule has 0 aromatic carbocycles. The SMILES string of the molecule is CCOC(=O)[N]C. The van der Waals surface area contributed by atoms with Crippen LogP contribution in [0.1, 0.15) is 6.92 Å². The van der Waals surface area contributed by atoms with Crippen LogP contribution < -0.4 is 5.32 Å². The fraction of sp³-hybridized carbons (Fsp3) is 0.750. The molecule has 0 fully saturated rings. The average Bonchev–Trinajstić information content (AvgIpc) is 1.68. The van der Waals surface area contributed by atoms with E-state index in [2.05, 4.69) is 10.1 Å². The van der Waals surface area contributed by atoms with Gasteiger partial charge in [-0.25, -0.2) is 10.1 Å². The van der Waals surface area contributed by atoms with Crippen LogP contribution in [-0.2, 0) is 4.74 Å². The molecule has 0 bridgehead atoms. The van der Waals surface area contributed by atoms with Crippen LogP contribution in [-0.4, -0.2) is 19.7 Å². The number of amides is 1. The van der Waals surface area contributed by atoms with Gasteiger partial charge in [0.1, 0.15) is 0 Å². The maximum atomic E-state index is 10.0. The highest BCUT2D eigenvalue weighted by Crippen LogP contribution is 1.72. The minimum Gasteiger partial charge on any atom is -0.448 e.